The summed E-state index contributed by atoms with van der Waals surface area (Å²) in [4.78, 5) is 13.2. The second-order valence-corrected chi connectivity index (χ2v) is 7.50. The van der Waals surface area contributed by atoms with Gasteiger partial charge in [-0.3, -0.25) is 4.79 Å². The molecule has 3 nitrogen and oxygen atoms in total. The van der Waals surface area contributed by atoms with Crippen LogP contribution in [0, 0.1) is 11.6 Å². The number of benzene rings is 2. The highest BCUT2D eigenvalue weighted by atomic mass is 35.5. The van der Waals surface area contributed by atoms with Gasteiger partial charge in [0.15, 0.2) is 0 Å². The minimum atomic E-state index is -0.836. The predicted molar refractivity (Wildman–Crippen MR) is 101 cm³/mol. The smallest absolute Gasteiger partial charge is 0.231 e. The number of carbonyl (C=O) groups is 1. The van der Waals surface area contributed by atoms with E-state index in [1.165, 1.54) is 24.3 Å². The average Bonchev–Trinajstić information content (AvgIpc) is 2.65. The van der Waals surface area contributed by atoms with Crippen molar-refractivity contribution in [3.8, 4) is 0 Å². The molecule has 27 heavy (non-hydrogen) atoms. The first kappa shape index (κ1) is 20.1. The molecule has 0 bridgehead atoms. The van der Waals surface area contributed by atoms with Gasteiger partial charge in [0, 0.05) is 18.2 Å². The number of hydrogen-bond donors (Lipinski definition) is 1. The predicted octanol–water partition coefficient (Wildman–Crippen LogP) is 5.20. The lowest BCUT2D eigenvalue weighted by Crippen LogP contribution is -2.48. The molecule has 1 unspecified atom stereocenters. The first-order valence-electron chi connectivity index (χ1n) is 8.63. The monoisotopic (exact) mass is 413 g/mol. The van der Waals surface area contributed by atoms with Crippen LogP contribution in [0.5, 0.6) is 0 Å². The van der Waals surface area contributed by atoms with Gasteiger partial charge in [-0.1, -0.05) is 35.3 Å². The number of hydrogen-bond acceptors (Lipinski definition) is 2. The average molecular weight is 414 g/mol. The van der Waals surface area contributed by atoms with Crippen molar-refractivity contribution in [2.45, 2.75) is 31.2 Å². The second kappa shape index (κ2) is 8.13. The van der Waals surface area contributed by atoms with Gasteiger partial charge in [0.25, 0.3) is 0 Å². The molecule has 144 valence electrons. The maximum atomic E-state index is 13.8. The number of carbonyl (C=O) groups excluding carboxylic acids is 1. The van der Waals surface area contributed by atoms with Crippen molar-refractivity contribution in [1.82, 2.24) is 5.32 Å². The molecule has 0 saturated carbocycles. The Bertz CT molecular complexity index is 837. The summed E-state index contributed by atoms with van der Waals surface area (Å²) >= 11 is 11.9. The topological polar surface area (TPSA) is 38.3 Å². The fourth-order valence-electron chi connectivity index (χ4n) is 3.42. The number of ether oxygens (including phenoxy) is 1. The Kier molecular flexibility index (Phi) is 6.04. The van der Waals surface area contributed by atoms with Gasteiger partial charge in [-0.25, -0.2) is 8.78 Å². The van der Waals surface area contributed by atoms with Crippen LogP contribution in [0.15, 0.2) is 36.4 Å². The van der Waals surface area contributed by atoms with E-state index in [4.69, 9.17) is 27.9 Å². The Hall–Kier alpha value is -1.69. The quantitative estimate of drug-likeness (QED) is 0.699. The summed E-state index contributed by atoms with van der Waals surface area (Å²) in [5.74, 6) is -1.19. The van der Waals surface area contributed by atoms with Crippen molar-refractivity contribution in [2.75, 3.05) is 13.2 Å². The van der Waals surface area contributed by atoms with Gasteiger partial charge >= 0.3 is 0 Å². The number of rotatable bonds is 4. The third-order valence-electron chi connectivity index (χ3n) is 5.03. The summed E-state index contributed by atoms with van der Waals surface area (Å²) in [5, 5.41) is 3.13. The lowest BCUT2D eigenvalue weighted by Gasteiger charge is -2.37. The molecule has 1 fully saturated rings. The fourth-order valence-corrected chi connectivity index (χ4v) is 3.96. The molecule has 1 atom stereocenters. The van der Waals surface area contributed by atoms with Crippen molar-refractivity contribution in [2.24, 2.45) is 0 Å². The molecule has 1 amide bonds. The Balaban J connectivity index is 1.89. The molecule has 1 aliphatic heterocycles. The molecule has 0 aromatic heterocycles. The standard InChI is InChI=1S/C20H19Cl2F2NO2/c1-12(15-10-18(24)17(22)11-16(15)21)25-19(26)20(6-8-27-9-7-20)13-2-4-14(23)5-3-13/h2-5,10-12H,6-9H2,1H3,(H,25,26). The molecule has 1 aliphatic rings. The van der Waals surface area contributed by atoms with Crippen LogP contribution >= 0.6 is 23.2 Å². The van der Waals surface area contributed by atoms with Crippen molar-refractivity contribution < 1.29 is 18.3 Å². The van der Waals surface area contributed by atoms with Crippen molar-refractivity contribution in [3.63, 3.8) is 0 Å². The summed E-state index contributed by atoms with van der Waals surface area (Å²) in [7, 11) is 0. The van der Waals surface area contributed by atoms with Crippen LogP contribution < -0.4 is 5.32 Å². The lowest BCUT2D eigenvalue weighted by atomic mass is 9.73. The normalized spacial score (nSPS) is 17.4. The highest BCUT2D eigenvalue weighted by Gasteiger charge is 2.42. The van der Waals surface area contributed by atoms with Gasteiger partial charge in [0.05, 0.1) is 16.5 Å². The number of nitrogens with one attached hydrogen (secondary N) is 1. The Morgan fingerprint density at radius 1 is 1.11 bits per heavy atom. The van der Waals surface area contributed by atoms with Crippen LogP contribution in [0.4, 0.5) is 8.78 Å². The molecule has 0 aliphatic carbocycles. The Labute approximate surface area is 166 Å². The molecule has 3 rings (SSSR count). The molecular weight excluding hydrogens is 395 g/mol. The first-order chi connectivity index (χ1) is 12.8. The minimum absolute atomic E-state index is 0.0745. The molecule has 1 heterocycles. The molecule has 1 N–H and O–H groups in total. The number of halogens is 4. The molecule has 7 heteroatoms. The van der Waals surface area contributed by atoms with Gasteiger partial charge in [-0.2, -0.15) is 0 Å². The van der Waals surface area contributed by atoms with E-state index >= 15 is 0 Å². The zero-order valence-electron chi connectivity index (χ0n) is 14.7. The van der Waals surface area contributed by atoms with Crippen LogP contribution in [0.1, 0.15) is 36.9 Å². The SMILES string of the molecule is CC(NC(=O)C1(c2ccc(F)cc2)CCOCC1)c1cc(F)c(Cl)cc1Cl. The largest absolute Gasteiger partial charge is 0.381 e. The minimum Gasteiger partial charge on any atom is -0.381 e. The van der Waals surface area contributed by atoms with E-state index < -0.39 is 17.3 Å². The summed E-state index contributed by atoms with van der Waals surface area (Å²) in [6.45, 7) is 2.58. The molecule has 2 aromatic carbocycles. The van der Waals surface area contributed by atoms with E-state index in [2.05, 4.69) is 5.32 Å². The molecule has 0 radical (unpaired) electrons. The van der Waals surface area contributed by atoms with Crippen LogP contribution in [-0.4, -0.2) is 19.1 Å². The van der Waals surface area contributed by atoms with E-state index in [9.17, 15) is 13.6 Å². The summed E-state index contributed by atoms with van der Waals surface area (Å²) in [6.07, 6.45) is 0.944. The van der Waals surface area contributed by atoms with Crippen LogP contribution in [0.2, 0.25) is 10.0 Å². The van der Waals surface area contributed by atoms with Crippen molar-refractivity contribution >= 4 is 29.1 Å². The molecular formula is C20H19Cl2F2NO2. The molecule has 0 spiro atoms. The van der Waals surface area contributed by atoms with E-state index in [1.807, 2.05) is 0 Å². The third kappa shape index (κ3) is 4.10. The summed E-state index contributed by atoms with van der Waals surface area (Å²) in [6, 6.07) is 7.95. The van der Waals surface area contributed by atoms with Crippen LogP contribution in [-0.2, 0) is 14.9 Å². The maximum absolute atomic E-state index is 13.8. The molecule has 2 aromatic rings. The summed E-state index contributed by atoms with van der Waals surface area (Å²) < 4.78 is 32.6. The van der Waals surface area contributed by atoms with E-state index in [0.29, 0.717) is 31.6 Å². The van der Waals surface area contributed by atoms with Gasteiger partial charge in [-0.15, -0.1) is 0 Å². The van der Waals surface area contributed by atoms with E-state index in [1.54, 1.807) is 19.1 Å². The van der Waals surface area contributed by atoms with Crippen molar-refractivity contribution in [1.29, 1.82) is 0 Å². The Morgan fingerprint density at radius 3 is 2.37 bits per heavy atom. The highest BCUT2D eigenvalue weighted by molar-refractivity contribution is 6.35. The van der Waals surface area contributed by atoms with Gasteiger partial charge in [-0.05, 0) is 55.2 Å². The summed E-state index contributed by atoms with van der Waals surface area (Å²) in [5.41, 5.74) is 0.330. The first-order valence-corrected chi connectivity index (χ1v) is 9.38. The maximum Gasteiger partial charge on any atom is 0.231 e. The van der Waals surface area contributed by atoms with Gasteiger partial charge < -0.3 is 10.1 Å². The molecule has 1 saturated heterocycles. The van der Waals surface area contributed by atoms with Crippen molar-refractivity contribution in [3.05, 3.63) is 69.2 Å². The van der Waals surface area contributed by atoms with Gasteiger partial charge in [0.1, 0.15) is 11.6 Å². The Morgan fingerprint density at radius 2 is 1.74 bits per heavy atom. The van der Waals surface area contributed by atoms with Crippen LogP contribution in [0.3, 0.4) is 0 Å². The van der Waals surface area contributed by atoms with E-state index in [-0.39, 0.29) is 21.8 Å². The third-order valence-corrected chi connectivity index (χ3v) is 5.65. The van der Waals surface area contributed by atoms with E-state index in [0.717, 1.165) is 5.56 Å². The van der Waals surface area contributed by atoms with Crippen LogP contribution in [0.25, 0.3) is 0 Å². The zero-order chi connectivity index (χ0) is 19.6. The second-order valence-electron chi connectivity index (χ2n) is 6.68. The number of amides is 1. The van der Waals surface area contributed by atoms with Gasteiger partial charge in [0.2, 0.25) is 5.91 Å². The highest BCUT2D eigenvalue weighted by Crippen LogP contribution is 2.37. The zero-order valence-corrected chi connectivity index (χ0v) is 16.2. The lowest BCUT2D eigenvalue weighted by molar-refractivity contribution is -0.131. The fraction of sp³-hybridized carbons (Fsp3) is 0.350.